The van der Waals surface area contributed by atoms with E-state index in [9.17, 15) is 17.4 Å². The maximum atomic E-state index is 11.8. The quantitative estimate of drug-likeness (QED) is 0.515. The minimum atomic E-state index is -4.46. The normalized spacial score (nSPS) is 13.9. The first-order valence-electron chi connectivity index (χ1n) is 5.53. The molecule has 1 rings (SSSR count). The van der Waals surface area contributed by atoms with Gasteiger partial charge >= 0.3 is 6.18 Å². The monoisotopic (exact) mass is 310 g/mol. The van der Waals surface area contributed by atoms with Crippen molar-refractivity contribution in [2.24, 2.45) is 5.16 Å². The van der Waals surface area contributed by atoms with Crippen molar-refractivity contribution in [1.82, 2.24) is 4.98 Å². The molecule has 112 valence electrons. The highest BCUT2D eigenvalue weighted by atomic mass is 32.2. The summed E-state index contributed by atoms with van der Waals surface area (Å²) in [5, 5.41) is 3.14. The van der Waals surface area contributed by atoms with Crippen molar-refractivity contribution in [3.8, 4) is 0 Å². The largest absolute Gasteiger partial charge is 0.425 e. The van der Waals surface area contributed by atoms with E-state index >= 15 is 0 Å². The lowest BCUT2D eigenvalue weighted by Crippen LogP contribution is -2.14. The smallest absolute Gasteiger partial charge is 0.386 e. The third kappa shape index (κ3) is 5.25. The van der Waals surface area contributed by atoms with Crippen LogP contribution in [0.3, 0.4) is 0 Å². The van der Waals surface area contributed by atoms with Crippen LogP contribution < -0.4 is 0 Å². The van der Waals surface area contributed by atoms with Crippen LogP contribution in [0.25, 0.3) is 0 Å². The number of hydrogen-bond acceptors (Lipinski definition) is 4. The second-order valence-corrected chi connectivity index (χ2v) is 5.12. The van der Waals surface area contributed by atoms with Crippen LogP contribution in [0.2, 0.25) is 0 Å². The number of nitrogens with zero attached hydrogens (tertiary/aromatic N) is 2. The van der Waals surface area contributed by atoms with Gasteiger partial charge < -0.3 is 9.39 Å². The summed E-state index contributed by atoms with van der Waals surface area (Å²) in [7, 11) is 0. The van der Waals surface area contributed by atoms with Crippen LogP contribution >= 0.6 is 0 Å². The van der Waals surface area contributed by atoms with Crippen LogP contribution in [0.4, 0.5) is 13.2 Å². The van der Waals surface area contributed by atoms with Crippen molar-refractivity contribution in [3.05, 3.63) is 23.5 Å². The Hall–Kier alpha value is -1.48. The fourth-order valence-electron chi connectivity index (χ4n) is 1.32. The molecule has 0 aliphatic rings. The van der Waals surface area contributed by atoms with Gasteiger partial charge in [0, 0.05) is 11.8 Å². The van der Waals surface area contributed by atoms with E-state index in [0.29, 0.717) is 5.69 Å². The molecule has 5 nitrogen and oxygen atoms in total. The number of oxime groups is 1. The Balaban J connectivity index is 2.85. The topological polar surface area (TPSA) is 71.8 Å². The number of halogens is 3. The third-order valence-corrected chi connectivity index (χ3v) is 2.85. The van der Waals surface area contributed by atoms with Crippen molar-refractivity contribution >= 4 is 17.3 Å². The van der Waals surface area contributed by atoms with Gasteiger partial charge in [0.1, 0.15) is 0 Å². The predicted molar refractivity (Wildman–Crippen MR) is 67.0 cm³/mol. The van der Waals surface area contributed by atoms with Crippen LogP contribution in [0, 0.1) is 0 Å². The van der Waals surface area contributed by atoms with Gasteiger partial charge in [-0.3, -0.25) is 4.98 Å². The lowest BCUT2D eigenvalue weighted by atomic mass is 10.1. The molecule has 0 bridgehead atoms. The highest BCUT2D eigenvalue weighted by Crippen LogP contribution is 2.20. The fourth-order valence-corrected chi connectivity index (χ4v) is 2.03. The molecular weight excluding hydrogens is 297 g/mol. The number of rotatable bonds is 5. The average molecular weight is 310 g/mol. The maximum absolute atomic E-state index is 11.8. The summed E-state index contributed by atoms with van der Waals surface area (Å²) in [6, 6.07) is 1.33. The van der Waals surface area contributed by atoms with Crippen LogP contribution in [0.15, 0.2) is 22.3 Å². The zero-order valence-electron chi connectivity index (χ0n) is 10.7. The van der Waals surface area contributed by atoms with Gasteiger partial charge in [-0.05, 0) is 12.0 Å². The molecule has 0 saturated carbocycles. The van der Waals surface area contributed by atoms with E-state index in [0.717, 1.165) is 6.21 Å². The first kappa shape index (κ1) is 16.6. The second-order valence-electron chi connectivity index (χ2n) is 4.18. The number of pyridine rings is 1. The van der Waals surface area contributed by atoms with Gasteiger partial charge in [-0.25, -0.2) is 4.21 Å². The molecule has 0 aromatic carbocycles. The number of aromatic nitrogens is 1. The summed E-state index contributed by atoms with van der Waals surface area (Å²) in [6.45, 7) is 2.11. The molecule has 0 saturated heterocycles. The Morgan fingerprint density at radius 3 is 2.70 bits per heavy atom. The van der Waals surface area contributed by atoms with Crippen molar-refractivity contribution in [1.29, 1.82) is 0 Å². The van der Waals surface area contributed by atoms with Crippen LogP contribution in [-0.2, 0) is 15.9 Å². The lowest BCUT2D eigenvalue weighted by Gasteiger charge is -2.09. The lowest BCUT2D eigenvalue weighted by molar-refractivity contribution is -0.173. The molecule has 0 radical (unpaired) electrons. The summed E-state index contributed by atoms with van der Waals surface area (Å²) in [5.41, 5.74) is 0.716. The van der Waals surface area contributed by atoms with E-state index in [4.69, 9.17) is 4.55 Å². The summed E-state index contributed by atoms with van der Waals surface area (Å²) >= 11 is -2.24. The van der Waals surface area contributed by atoms with Crippen LogP contribution in [-0.4, -0.2) is 32.7 Å². The van der Waals surface area contributed by atoms with E-state index in [1.807, 2.05) is 0 Å². The molecule has 1 heterocycles. The third-order valence-electron chi connectivity index (χ3n) is 2.14. The Labute approximate surface area is 116 Å². The summed E-state index contributed by atoms with van der Waals surface area (Å²) < 4.78 is 55.8. The molecule has 0 aliphatic heterocycles. The Morgan fingerprint density at radius 1 is 1.55 bits per heavy atom. The van der Waals surface area contributed by atoms with Crippen molar-refractivity contribution in [2.45, 2.75) is 30.8 Å². The Morgan fingerprint density at radius 2 is 2.20 bits per heavy atom. The molecule has 1 N–H and O–H groups in total. The molecule has 0 fully saturated rings. The maximum Gasteiger partial charge on any atom is 0.425 e. The molecule has 9 heteroatoms. The molecule has 1 unspecified atom stereocenters. The minimum Gasteiger partial charge on any atom is -0.386 e. The van der Waals surface area contributed by atoms with Crippen LogP contribution in [0.1, 0.15) is 31.0 Å². The minimum absolute atomic E-state index is 0.0615. The van der Waals surface area contributed by atoms with E-state index in [-0.39, 0.29) is 16.4 Å². The number of alkyl halides is 3. The van der Waals surface area contributed by atoms with Gasteiger partial charge in [-0.15, -0.1) is 0 Å². The van der Waals surface area contributed by atoms with Gasteiger partial charge in [0.25, 0.3) is 0 Å². The van der Waals surface area contributed by atoms with Gasteiger partial charge in [0.05, 0.1) is 16.8 Å². The van der Waals surface area contributed by atoms with Gasteiger partial charge in [-0.1, -0.05) is 19.0 Å². The molecule has 20 heavy (non-hydrogen) atoms. The standard InChI is InChI=1S/C11H13F3N2O3S/c1-7(2)10-9(20(17)18)3-8(4-15-10)5-16-19-6-11(12,13)14/h3-5,7H,6H2,1-2H3,(H,17,18)/b16-5+. The average Bonchev–Trinajstić information content (AvgIpc) is 2.33. The summed E-state index contributed by atoms with van der Waals surface area (Å²) in [5.74, 6) is -0.0615. The van der Waals surface area contributed by atoms with Crippen molar-refractivity contribution < 1.29 is 26.8 Å². The molecule has 1 atom stereocenters. The highest BCUT2D eigenvalue weighted by molar-refractivity contribution is 7.79. The first-order chi connectivity index (χ1) is 9.20. The Bertz CT molecular complexity index is 518. The van der Waals surface area contributed by atoms with Gasteiger partial charge in [-0.2, -0.15) is 13.2 Å². The first-order valence-corrected chi connectivity index (χ1v) is 6.64. The van der Waals surface area contributed by atoms with E-state index in [2.05, 4.69) is 15.0 Å². The Kier molecular flexibility index (Phi) is 5.63. The second kappa shape index (κ2) is 6.80. The summed E-state index contributed by atoms with van der Waals surface area (Å²) in [6.07, 6.45) is -2.12. The summed E-state index contributed by atoms with van der Waals surface area (Å²) in [4.78, 5) is 8.16. The fraction of sp³-hybridized carbons (Fsp3) is 0.455. The van der Waals surface area contributed by atoms with Crippen molar-refractivity contribution in [3.63, 3.8) is 0 Å². The highest BCUT2D eigenvalue weighted by Gasteiger charge is 2.28. The van der Waals surface area contributed by atoms with Crippen molar-refractivity contribution in [2.75, 3.05) is 6.61 Å². The van der Waals surface area contributed by atoms with E-state index in [1.54, 1.807) is 13.8 Å². The zero-order valence-corrected chi connectivity index (χ0v) is 11.5. The predicted octanol–water partition coefficient (Wildman–Crippen LogP) is 2.70. The van der Waals surface area contributed by atoms with Crippen LogP contribution in [0.5, 0.6) is 0 Å². The van der Waals surface area contributed by atoms with E-state index in [1.165, 1.54) is 12.3 Å². The zero-order chi connectivity index (χ0) is 15.3. The SMILES string of the molecule is CC(C)c1ncc(/C=N/OCC(F)(F)F)cc1S(=O)O. The molecule has 1 aromatic rings. The van der Waals surface area contributed by atoms with Gasteiger partial charge in [0.15, 0.2) is 11.1 Å². The number of hydrogen-bond donors (Lipinski definition) is 1. The molecule has 0 aliphatic carbocycles. The van der Waals surface area contributed by atoms with Gasteiger partial charge in [0.2, 0.25) is 6.61 Å². The van der Waals surface area contributed by atoms with E-state index < -0.39 is 23.9 Å². The molecule has 0 amide bonds. The molecule has 1 aromatic heterocycles. The molecular formula is C11H13F3N2O3S. The molecule has 0 spiro atoms.